The van der Waals surface area contributed by atoms with Crippen molar-refractivity contribution in [2.75, 3.05) is 18.4 Å². The molecule has 3 rings (SSSR count). The predicted octanol–water partition coefficient (Wildman–Crippen LogP) is 3.91. The minimum atomic E-state index is -0.841. The third kappa shape index (κ3) is 4.34. The van der Waals surface area contributed by atoms with E-state index < -0.39 is 17.4 Å². The number of carbonyl (C=O) groups excluding carboxylic acids is 2. The van der Waals surface area contributed by atoms with Gasteiger partial charge in [-0.3, -0.25) is 4.79 Å². The Labute approximate surface area is 154 Å². The minimum Gasteiger partial charge on any atom is -0.340 e. The number of hydrogen-bond acceptors (Lipinski definition) is 2. The maximum absolute atomic E-state index is 13.3. The molecular weight excluding hydrogens is 333 g/mol. The second-order valence-electron chi connectivity index (χ2n) is 7.73. The van der Waals surface area contributed by atoms with E-state index >= 15 is 0 Å². The number of piperidine rings is 1. The molecule has 2 aliphatic rings. The predicted molar refractivity (Wildman–Crippen MR) is 99.3 cm³/mol. The van der Waals surface area contributed by atoms with Crippen LogP contribution in [0.2, 0.25) is 0 Å². The van der Waals surface area contributed by atoms with Crippen LogP contribution in [0, 0.1) is 11.7 Å². The Morgan fingerprint density at radius 1 is 1.19 bits per heavy atom. The number of rotatable bonds is 3. The quantitative estimate of drug-likeness (QED) is 0.857. The summed E-state index contributed by atoms with van der Waals surface area (Å²) in [6, 6.07) is 5.32. The van der Waals surface area contributed by atoms with Crippen molar-refractivity contribution in [3.63, 3.8) is 0 Å². The normalized spacial score (nSPS) is 22.5. The van der Waals surface area contributed by atoms with Gasteiger partial charge in [-0.15, -0.1) is 0 Å². The highest BCUT2D eigenvalue weighted by Crippen LogP contribution is 2.32. The Kier molecular flexibility index (Phi) is 5.79. The van der Waals surface area contributed by atoms with Gasteiger partial charge in [-0.2, -0.15) is 0 Å². The lowest BCUT2D eigenvalue weighted by Crippen LogP contribution is -2.62. The highest BCUT2D eigenvalue weighted by atomic mass is 19.1. The van der Waals surface area contributed by atoms with Crippen LogP contribution >= 0.6 is 0 Å². The Morgan fingerprint density at radius 2 is 1.96 bits per heavy atom. The second kappa shape index (κ2) is 8.06. The van der Waals surface area contributed by atoms with Crippen LogP contribution in [0.3, 0.4) is 0 Å². The number of carbonyl (C=O) groups is 2. The molecular formula is C20H28FN3O2. The van der Waals surface area contributed by atoms with Gasteiger partial charge >= 0.3 is 6.03 Å². The molecule has 5 nitrogen and oxygen atoms in total. The van der Waals surface area contributed by atoms with E-state index in [4.69, 9.17) is 0 Å². The van der Waals surface area contributed by atoms with Crippen molar-refractivity contribution in [3.8, 4) is 0 Å². The smallest absolute Gasteiger partial charge is 0.320 e. The number of hydrogen-bond donors (Lipinski definition) is 2. The third-order valence-electron chi connectivity index (χ3n) is 5.50. The van der Waals surface area contributed by atoms with Crippen molar-refractivity contribution < 1.29 is 14.0 Å². The van der Waals surface area contributed by atoms with Crippen LogP contribution in [-0.2, 0) is 4.79 Å². The number of likely N-dealkylation sites (tertiary alicyclic amines) is 1. The van der Waals surface area contributed by atoms with Crippen molar-refractivity contribution in [3.05, 3.63) is 30.1 Å². The molecule has 0 unspecified atom stereocenters. The van der Waals surface area contributed by atoms with Gasteiger partial charge in [-0.1, -0.05) is 32.3 Å². The summed E-state index contributed by atoms with van der Waals surface area (Å²) in [6.07, 6.45) is 6.41. The molecule has 142 valence electrons. The number of nitrogens with one attached hydrogen (secondary N) is 2. The van der Waals surface area contributed by atoms with Gasteiger partial charge in [-0.05, 0) is 49.8 Å². The van der Waals surface area contributed by atoms with Crippen molar-refractivity contribution in [1.29, 1.82) is 0 Å². The molecule has 1 atom stereocenters. The molecule has 1 heterocycles. The molecule has 1 aliphatic heterocycles. The summed E-state index contributed by atoms with van der Waals surface area (Å²) in [5.74, 6) is 0.126. The number of urea groups is 1. The Hall–Kier alpha value is -2.11. The van der Waals surface area contributed by atoms with E-state index in [1.807, 2.05) is 4.90 Å². The number of halogens is 1. The summed E-state index contributed by atoms with van der Waals surface area (Å²) < 4.78 is 13.3. The summed E-state index contributed by atoms with van der Waals surface area (Å²) in [7, 11) is 0. The summed E-state index contributed by atoms with van der Waals surface area (Å²) in [5, 5.41) is 5.61. The first-order chi connectivity index (χ1) is 12.5. The summed E-state index contributed by atoms with van der Waals surface area (Å²) >= 11 is 0. The first-order valence-corrected chi connectivity index (χ1v) is 9.63. The van der Waals surface area contributed by atoms with Crippen LogP contribution in [0.4, 0.5) is 14.9 Å². The molecule has 1 saturated heterocycles. The fraction of sp³-hybridized carbons (Fsp3) is 0.600. The molecule has 1 aromatic carbocycles. The molecule has 0 spiro atoms. The topological polar surface area (TPSA) is 61.4 Å². The molecule has 3 amide bonds. The Bertz CT molecular complexity index is 658. The highest BCUT2D eigenvalue weighted by Gasteiger charge is 2.44. The lowest BCUT2D eigenvalue weighted by molar-refractivity contribution is -0.141. The van der Waals surface area contributed by atoms with Crippen LogP contribution in [0.25, 0.3) is 0 Å². The summed E-state index contributed by atoms with van der Waals surface area (Å²) in [4.78, 5) is 27.7. The molecule has 1 saturated carbocycles. The first kappa shape index (κ1) is 18.7. The zero-order valence-electron chi connectivity index (χ0n) is 15.4. The average Bonchev–Trinajstić information content (AvgIpc) is 2.61. The van der Waals surface area contributed by atoms with Gasteiger partial charge in [0.2, 0.25) is 5.91 Å². The number of benzene rings is 1. The highest BCUT2D eigenvalue weighted by molar-refractivity contribution is 5.96. The Balaban J connectivity index is 1.72. The van der Waals surface area contributed by atoms with Crippen molar-refractivity contribution in [2.24, 2.45) is 5.92 Å². The van der Waals surface area contributed by atoms with Crippen LogP contribution in [0.5, 0.6) is 0 Å². The van der Waals surface area contributed by atoms with Gasteiger partial charge in [-0.25, -0.2) is 9.18 Å². The van der Waals surface area contributed by atoms with Crippen molar-refractivity contribution in [2.45, 2.75) is 57.4 Å². The number of anilines is 1. The van der Waals surface area contributed by atoms with Crippen molar-refractivity contribution in [1.82, 2.24) is 10.2 Å². The van der Waals surface area contributed by atoms with E-state index in [1.165, 1.54) is 12.1 Å². The van der Waals surface area contributed by atoms with E-state index in [0.29, 0.717) is 24.4 Å². The van der Waals surface area contributed by atoms with Crippen LogP contribution in [0.15, 0.2) is 24.3 Å². The van der Waals surface area contributed by atoms with Gasteiger partial charge < -0.3 is 15.5 Å². The number of amides is 3. The molecule has 2 N–H and O–H groups in total. The Morgan fingerprint density at radius 3 is 2.65 bits per heavy atom. The van der Waals surface area contributed by atoms with E-state index in [-0.39, 0.29) is 5.91 Å². The summed E-state index contributed by atoms with van der Waals surface area (Å²) in [5.41, 5.74) is -0.459. The van der Waals surface area contributed by atoms with Crippen LogP contribution in [-0.4, -0.2) is 35.5 Å². The zero-order chi connectivity index (χ0) is 18.6. The van der Waals surface area contributed by atoms with Gasteiger partial charge in [0.25, 0.3) is 0 Å². The van der Waals surface area contributed by atoms with Gasteiger partial charge in [0.05, 0.1) is 0 Å². The molecule has 1 aliphatic carbocycles. The summed E-state index contributed by atoms with van der Waals surface area (Å²) in [6.45, 7) is 3.68. The largest absolute Gasteiger partial charge is 0.340 e. The van der Waals surface area contributed by atoms with Gasteiger partial charge in [0, 0.05) is 18.8 Å². The molecule has 0 aromatic heterocycles. The molecule has 26 heavy (non-hydrogen) atoms. The lowest BCUT2D eigenvalue weighted by Gasteiger charge is -2.42. The third-order valence-corrected chi connectivity index (χ3v) is 5.50. The lowest BCUT2D eigenvalue weighted by atomic mass is 9.80. The monoisotopic (exact) mass is 361 g/mol. The molecule has 6 heteroatoms. The van der Waals surface area contributed by atoms with Gasteiger partial charge in [0.1, 0.15) is 11.4 Å². The van der Waals surface area contributed by atoms with E-state index in [9.17, 15) is 14.0 Å². The SMILES string of the molecule is C[C@@H]1CCCN(C(=O)C2(NC(=O)Nc3cccc(F)c3)CCCCC2)C1. The van der Waals surface area contributed by atoms with Crippen LogP contribution in [0.1, 0.15) is 51.9 Å². The van der Waals surface area contributed by atoms with Gasteiger partial charge in [0.15, 0.2) is 0 Å². The van der Waals surface area contributed by atoms with E-state index in [0.717, 1.165) is 45.2 Å². The number of nitrogens with zero attached hydrogens (tertiary/aromatic N) is 1. The average molecular weight is 361 g/mol. The van der Waals surface area contributed by atoms with E-state index in [1.54, 1.807) is 12.1 Å². The maximum Gasteiger partial charge on any atom is 0.320 e. The fourth-order valence-corrected chi connectivity index (χ4v) is 4.17. The maximum atomic E-state index is 13.3. The second-order valence-corrected chi connectivity index (χ2v) is 7.73. The molecule has 0 bridgehead atoms. The zero-order valence-corrected chi connectivity index (χ0v) is 15.4. The van der Waals surface area contributed by atoms with E-state index in [2.05, 4.69) is 17.6 Å². The molecule has 1 aromatic rings. The molecule has 0 radical (unpaired) electrons. The first-order valence-electron chi connectivity index (χ1n) is 9.63. The minimum absolute atomic E-state index is 0.0399. The van der Waals surface area contributed by atoms with Crippen LogP contribution < -0.4 is 10.6 Å². The van der Waals surface area contributed by atoms with Crippen molar-refractivity contribution >= 4 is 17.6 Å². The fourth-order valence-electron chi connectivity index (χ4n) is 4.17. The standard InChI is InChI=1S/C20H28FN3O2/c1-15-7-6-12-24(14-15)18(25)20(10-3-2-4-11-20)23-19(26)22-17-9-5-8-16(21)13-17/h5,8-9,13,15H,2-4,6-7,10-12,14H2,1H3,(H2,22,23,26)/t15-/m1/s1. The molecule has 2 fully saturated rings.